The lowest BCUT2D eigenvalue weighted by atomic mass is 9.67. The zero-order valence-electron chi connectivity index (χ0n) is 19.8. The van der Waals surface area contributed by atoms with E-state index in [1.54, 1.807) is 11.2 Å². The molecule has 2 saturated heterocycles. The molecular formula is C21H33B2FN2O4. The van der Waals surface area contributed by atoms with Gasteiger partial charge in [-0.25, -0.2) is 4.39 Å². The van der Waals surface area contributed by atoms with E-state index in [1.807, 2.05) is 69.5 Å². The van der Waals surface area contributed by atoms with Gasteiger partial charge in [0.1, 0.15) is 5.82 Å². The van der Waals surface area contributed by atoms with Crippen LogP contribution in [0.3, 0.4) is 0 Å². The quantitative estimate of drug-likeness (QED) is 0.427. The molecular weight excluding hydrogens is 385 g/mol. The largest absolute Gasteiger partial charge is 0.495 e. The molecule has 0 amide bonds. The Bertz CT molecular complexity index is 766. The number of hydrazone groups is 1. The lowest BCUT2D eigenvalue weighted by Gasteiger charge is -2.32. The predicted octanol–water partition coefficient (Wildman–Crippen LogP) is 2.32. The molecule has 2 aliphatic rings. The molecule has 0 unspecified atom stereocenters. The highest BCUT2D eigenvalue weighted by Gasteiger charge is 2.55. The summed E-state index contributed by atoms with van der Waals surface area (Å²) in [6, 6.07) is 2.88. The van der Waals surface area contributed by atoms with E-state index in [2.05, 4.69) is 5.10 Å². The fourth-order valence-corrected chi connectivity index (χ4v) is 3.31. The summed E-state index contributed by atoms with van der Waals surface area (Å²) in [5, 5.41) is 6.07. The molecule has 9 heteroatoms. The number of hydrogen-bond acceptors (Lipinski definition) is 6. The maximum atomic E-state index is 14.8. The Balaban J connectivity index is 2.13. The molecule has 3 rings (SSSR count). The minimum atomic E-state index is -0.740. The second kappa shape index (κ2) is 7.33. The maximum absolute atomic E-state index is 14.8. The van der Waals surface area contributed by atoms with E-state index >= 15 is 0 Å². The Morgan fingerprint density at radius 1 is 0.767 bits per heavy atom. The van der Waals surface area contributed by atoms with Crippen molar-refractivity contribution in [2.45, 2.75) is 77.8 Å². The average molecular weight is 418 g/mol. The van der Waals surface area contributed by atoms with Gasteiger partial charge >= 0.3 is 14.2 Å². The van der Waals surface area contributed by atoms with Crippen molar-refractivity contribution in [2.75, 3.05) is 14.1 Å². The lowest BCUT2D eigenvalue weighted by Crippen LogP contribution is -2.46. The molecule has 2 aliphatic heterocycles. The third-order valence-electron chi connectivity index (χ3n) is 6.64. The summed E-state index contributed by atoms with van der Waals surface area (Å²) >= 11 is 0. The average Bonchev–Trinajstić information content (AvgIpc) is 2.92. The van der Waals surface area contributed by atoms with Gasteiger partial charge in [-0.1, -0.05) is 0 Å². The third-order valence-corrected chi connectivity index (χ3v) is 6.64. The van der Waals surface area contributed by atoms with E-state index in [-0.39, 0.29) is 0 Å². The Morgan fingerprint density at radius 3 is 1.40 bits per heavy atom. The Morgan fingerprint density at radius 2 is 1.10 bits per heavy atom. The first-order valence-corrected chi connectivity index (χ1v) is 10.3. The first-order valence-electron chi connectivity index (χ1n) is 10.3. The summed E-state index contributed by atoms with van der Waals surface area (Å²) in [5.74, 6) is -0.411. The van der Waals surface area contributed by atoms with Gasteiger partial charge in [0.05, 0.1) is 28.6 Å². The van der Waals surface area contributed by atoms with Crippen molar-refractivity contribution in [1.29, 1.82) is 0 Å². The molecule has 164 valence electrons. The highest BCUT2D eigenvalue weighted by Crippen LogP contribution is 2.38. The summed E-state index contributed by atoms with van der Waals surface area (Å²) in [4.78, 5) is 0. The van der Waals surface area contributed by atoms with Crippen LogP contribution in [0.1, 0.15) is 61.0 Å². The van der Waals surface area contributed by atoms with Crippen LogP contribution in [0.2, 0.25) is 0 Å². The van der Waals surface area contributed by atoms with Gasteiger partial charge in [0.15, 0.2) is 0 Å². The van der Waals surface area contributed by atoms with Gasteiger partial charge in [-0.3, -0.25) is 0 Å². The molecule has 0 aromatic heterocycles. The van der Waals surface area contributed by atoms with Gasteiger partial charge in [0.25, 0.3) is 0 Å². The number of hydrogen-bond donors (Lipinski definition) is 0. The second-order valence-electron chi connectivity index (χ2n) is 10.3. The molecule has 0 radical (unpaired) electrons. The molecule has 1 aromatic carbocycles. The fraction of sp³-hybridized carbons (Fsp3) is 0.667. The first kappa shape index (κ1) is 23.3. The van der Waals surface area contributed by atoms with Crippen LogP contribution >= 0.6 is 0 Å². The predicted molar refractivity (Wildman–Crippen MR) is 119 cm³/mol. The molecule has 2 fully saturated rings. The van der Waals surface area contributed by atoms with E-state index in [1.165, 1.54) is 12.1 Å². The third kappa shape index (κ3) is 4.05. The van der Waals surface area contributed by atoms with Gasteiger partial charge in [0, 0.05) is 14.1 Å². The monoisotopic (exact) mass is 418 g/mol. The molecule has 0 atom stereocenters. The number of rotatable bonds is 4. The van der Waals surface area contributed by atoms with E-state index in [0.29, 0.717) is 16.5 Å². The van der Waals surface area contributed by atoms with Gasteiger partial charge in [0.2, 0.25) is 0 Å². The van der Waals surface area contributed by atoms with Crippen LogP contribution in [0.15, 0.2) is 17.2 Å². The molecule has 0 spiro atoms. The maximum Gasteiger partial charge on any atom is 0.495 e. The highest BCUT2D eigenvalue weighted by atomic mass is 19.1. The van der Waals surface area contributed by atoms with Crippen LogP contribution < -0.4 is 10.9 Å². The fourth-order valence-electron chi connectivity index (χ4n) is 3.31. The van der Waals surface area contributed by atoms with Crippen molar-refractivity contribution in [3.63, 3.8) is 0 Å². The van der Waals surface area contributed by atoms with E-state index < -0.39 is 42.5 Å². The molecule has 0 N–H and O–H groups in total. The Labute approximate surface area is 180 Å². The molecule has 1 aromatic rings. The van der Waals surface area contributed by atoms with Crippen LogP contribution in [0.4, 0.5) is 4.39 Å². The van der Waals surface area contributed by atoms with E-state index in [4.69, 9.17) is 18.6 Å². The van der Waals surface area contributed by atoms with Crippen LogP contribution in [-0.2, 0) is 18.6 Å². The van der Waals surface area contributed by atoms with Gasteiger partial charge in [-0.2, -0.15) is 5.10 Å². The molecule has 0 aliphatic carbocycles. The summed E-state index contributed by atoms with van der Waals surface area (Å²) in [6.07, 6.45) is 1.68. The normalized spacial score (nSPS) is 24.1. The minimum absolute atomic E-state index is 0.411. The van der Waals surface area contributed by atoms with Crippen LogP contribution in [0, 0.1) is 5.82 Å². The SMILES string of the molecule is CN(C)/N=C/c1c(B2OC(C)(C)C(C)(C)O2)cc(F)cc1B1OC(C)(C)C(C)(C)O1. The van der Waals surface area contributed by atoms with Gasteiger partial charge < -0.3 is 23.6 Å². The molecule has 2 heterocycles. The van der Waals surface area contributed by atoms with Crippen LogP contribution in [0.25, 0.3) is 0 Å². The van der Waals surface area contributed by atoms with Crippen molar-refractivity contribution in [2.24, 2.45) is 5.10 Å². The minimum Gasteiger partial charge on any atom is -0.399 e. The summed E-state index contributed by atoms with van der Waals surface area (Å²) in [5.41, 5.74) is -0.418. The zero-order valence-corrected chi connectivity index (χ0v) is 19.8. The Hall–Kier alpha value is -1.41. The van der Waals surface area contributed by atoms with Crippen molar-refractivity contribution in [3.8, 4) is 0 Å². The van der Waals surface area contributed by atoms with Crippen LogP contribution in [-0.4, -0.2) is 62.0 Å². The van der Waals surface area contributed by atoms with Crippen molar-refractivity contribution >= 4 is 31.4 Å². The molecule has 6 nitrogen and oxygen atoms in total. The van der Waals surface area contributed by atoms with E-state index in [9.17, 15) is 4.39 Å². The first-order chi connectivity index (χ1) is 13.6. The summed E-state index contributed by atoms with van der Waals surface area (Å²) < 4.78 is 39.6. The number of nitrogens with zero attached hydrogens (tertiary/aromatic N) is 2. The van der Waals surface area contributed by atoms with Crippen molar-refractivity contribution in [3.05, 3.63) is 23.5 Å². The van der Waals surface area contributed by atoms with Gasteiger partial charge in [-0.05, 0) is 84.0 Å². The molecule has 30 heavy (non-hydrogen) atoms. The lowest BCUT2D eigenvalue weighted by molar-refractivity contribution is 0.00578. The van der Waals surface area contributed by atoms with Crippen molar-refractivity contribution < 1.29 is 23.0 Å². The highest BCUT2D eigenvalue weighted by molar-refractivity contribution is 6.68. The van der Waals surface area contributed by atoms with Gasteiger partial charge in [-0.15, -0.1) is 0 Å². The molecule has 0 saturated carbocycles. The summed E-state index contributed by atoms with van der Waals surface area (Å²) in [6.45, 7) is 15.7. The molecule has 0 bridgehead atoms. The topological polar surface area (TPSA) is 52.5 Å². The number of halogens is 1. The Kier molecular flexibility index (Phi) is 5.68. The second-order valence-corrected chi connectivity index (χ2v) is 10.3. The van der Waals surface area contributed by atoms with E-state index in [0.717, 1.165) is 0 Å². The smallest absolute Gasteiger partial charge is 0.399 e. The summed E-state index contributed by atoms with van der Waals surface area (Å²) in [7, 11) is 2.16. The standard InChI is InChI=1S/C21H33B2FN2O4/c1-18(2)19(3,4)28-22(27-18)16-11-14(24)12-17(15(16)13-25-26(9)10)23-29-20(5,6)21(7,8)30-23/h11-13H,1-10H3/b25-13+. The van der Waals surface area contributed by atoms with Crippen molar-refractivity contribution in [1.82, 2.24) is 5.01 Å². The zero-order chi connectivity index (χ0) is 22.7. The number of benzene rings is 1. The van der Waals surface area contributed by atoms with Crippen LogP contribution in [0.5, 0.6) is 0 Å².